The summed E-state index contributed by atoms with van der Waals surface area (Å²) in [6.45, 7) is -2.44. The molecule has 26 heavy (non-hydrogen) atoms. The number of amides is 1. The van der Waals surface area contributed by atoms with E-state index in [1.807, 2.05) is 12.1 Å². The minimum absolute atomic E-state index is 0.0455. The monoisotopic (exact) mass is 365 g/mol. The molecule has 0 fully saturated rings. The van der Waals surface area contributed by atoms with Gasteiger partial charge in [-0.25, -0.2) is 0 Å². The molecule has 0 unspecified atom stereocenters. The first-order valence-electron chi connectivity index (χ1n) is 7.86. The fraction of sp³-hybridized carbons (Fsp3) is 0.278. The molecule has 1 N–H and O–H groups in total. The second-order valence-electron chi connectivity index (χ2n) is 5.45. The lowest BCUT2D eigenvalue weighted by Crippen LogP contribution is -2.40. The first kappa shape index (κ1) is 17.8. The van der Waals surface area contributed by atoms with Gasteiger partial charge in [0.05, 0.1) is 13.7 Å². The van der Waals surface area contributed by atoms with Gasteiger partial charge in [-0.2, -0.15) is 8.78 Å². The first-order chi connectivity index (χ1) is 12.6. The molecule has 0 spiro atoms. The topological polar surface area (TPSA) is 66.0 Å². The van der Waals surface area contributed by atoms with Crippen LogP contribution in [0.4, 0.5) is 8.78 Å². The van der Waals surface area contributed by atoms with Gasteiger partial charge in [0.25, 0.3) is 5.91 Å². The summed E-state index contributed by atoms with van der Waals surface area (Å²) < 4.78 is 45.3. The third kappa shape index (κ3) is 4.14. The van der Waals surface area contributed by atoms with Crippen molar-refractivity contribution in [2.45, 2.75) is 12.7 Å². The highest BCUT2D eigenvalue weighted by Gasteiger charge is 2.21. The van der Waals surface area contributed by atoms with E-state index in [0.717, 1.165) is 0 Å². The average Bonchev–Trinajstić information content (AvgIpc) is 2.65. The molecule has 0 bridgehead atoms. The molecular formula is C18H17F2NO5. The van der Waals surface area contributed by atoms with Crippen LogP contribution < -0.4 is 24.3 Å². The number of hydrogen-bond acceptors (Lipinski definition) is 5. The molecule has 2 aromatic rings. The lowest BCUT2D eigenvalue weighted by atomic mass is 10.2. The Morgan fingerprint density at radius 3 is 2.73 bits per heavy atom. The molecule has 0 saturated carbocycles. The Labute approximate surface area is 148 Å². The zero-order valence-corrected chi connectivity index (χ0v) is 13.9. The van der Waals surface area contributed by atoms with Crippen LogP contribution in [-0.2, 0) is 0 Å². The van der Waals surface area contributed by atoms with E-state index in [4.69, 9.17) is 14.2 Å². The number of rotatable bonds is 6. The molecule has 0 aliphatic carbocycles. The van der Waals surface area contributed by atoms with Crippen molar-refractivity contribution in [1.29, 1.82) is 0 Å². The maximum atomic E-state index is 12.3. The highest BCUT2D eigenvalue weighted by Crippen LogP contribution is 2.31. The quantitative estimate of drug-likeness (QED) is 0.853. The van der Waals surface area contributed by atoms with E-state index in [2.05, 4.69) is 10.1 Å². The Hall–Kier alpha value is -3.03. The van der Waals surface area contributed by atoms with Gasteiger partial charge in [-0.05, 0) is 30.3 Å². The van der Waals surface area contributed by atoms with Gasteiger partial charge in [0.2, 0.25) is 0 Å². The zero-order valence-electron chi connectivity index (χ0n) is 13.9. The van der Waals surface area contributed by atoms with Gasteiger partial charge in [0, 0.05) is 5.56 Å². The Balaban J connectivity index is 1.60. The number of methoxy groups -OCH3 is 1. The third-order valence-electron chi connectivity index (χ3n) is 3.70. The van der Waals surface area contributed by atoms with Crippen molar-refractivity contribution in [3.05, 3.63) is 48.0 Å². The zero-order chi connectivity index (χ0) is 18.5. The van der Waals surface area contributed by atoms with E-state index in [1.54, 1.807) is 12.1 Å². The summed E-state index contributed by atoms with van der Waals surface area (Å²) in [6, 6.07) is 11.2. The number of halogens is 2. The van der Waals surface area contributed by atoms with Gasteiger partial charge in [-0.15, -0.1) is 0 Å². The molecule has 6 nitrogen and oxygen atoms in total. The van der Waals surface area contributed by atoms with Crippen LogP contribution in [0.1, 0.15) is 10.4 Å². The minimum atomic E-state index is -2.98. The van der Waals surface area contributed by atoms with Crippen molar-refractivity contribution in [2.24, 2.45) is 0 Å². The number of fused-ring (bicyclic) bond motifs is 1. The molecule has 1 aliphatic rings. The van der Waals surface area contributed by atoms with Crippen molar-refractivity contribution < 1.29 is 32.5 Å². The minimum Gasteiger partial charge on any atom is -0.493 e. The lowest BCUT2D eigenvalue weighted by Gasteiger charge is -2.26. The van der Waals surface area contributed by atoms with Gasteiger partial charge in [0.15, 0.2) is 23.0 Å². The van der Waals surface area contributed by atoms with Gasteiger partial charge in [-0.3, -0.25) is 4.79 Å². The molecular weight excluding hydrogens is 348 g/mol. The van der Waals surface area contributed by atoms with Crippen LogP contribution in [0.25, 0.3) is 0 Å². The highest BCUT2D eigenvalue weighted by molar-refractivity contribution is 5.94. The summed E-state index contributed by atoms with van der Waals surface area (Å²) in [5.41, 5.74) is 0.251. The summed E-state index contributed by atoms with van der Waals surface area (Å²) in [4.78, 5) is 12.3. The predicted molar refractivity (Wildman–Crippen MR) is 88.3 cm³/mol. The Kier molecular flexibility index (Phi) is 5.40. The van der Waals surface area contributed by atoms with Crippen molar-refractivity contribution >= 4 is 5.91 Å². The molecule has 138 valence electrons. The first-order valence-corrected chi connectivity index (χ1v) is 7.86. The van der Waals surface area contributed by atoms with E-state index in [9.17, 15) is 13.6 Å². The van der Waals surface area contributed by atoms with E-state index in [-0.39, 0.29) is 29.7 Å². The Morgan fingerprint density at radius 1 is 1.23 bits per heavy atom. The Morgan fingerprint density at radius 2 is 2.00 bits per heavy atom. The van der Waals surface area contributed by atoms with Crippen LogP contribution in [0, 0.1) is 0 Å². The van der Waals surface area contributed by atoms with E-state index < -0.39 is 12.5 Å². The van der Waals surface area contributed by atoms with Crippen LogP contribution in [0.2, 0.25) is 0 Å². The van der Waals surface area contributed by atoms with Gasteiger partial charge in [-0.1, -0.05) is 12.1 Å². The summed E-state index contributed by atoms with van der Waals surface area (Å²) in [5, 5.41) is 2.72. The predicted octanol–water partition coefficient (Wildman–Crippen LogP) is 2.87. The van der Waals surface area contributed by atoms with Gasteiger partial charge in [0.1, 0.15) is 12.7 Å². The van der Waals surface area contributed by atoms with Crippen LogP contribution >= 0.6 is 0 Å². The van der Waals surface area contributed by atoms with Gasteiger partial charge < -0.3 is 24.3 Å². The Bertz CT molecular complexity index is 784. The SMILES string of the molecule is COc1cc(C(=O)NC[C@H]2COc3ccccc3O2)ccc1OC(F)F. The summed E-state index contributed by atoms with van der Waals surface area (Å²) in [6.07, 6.45) is -0.336. The summed E-state index contributed by atoms with van der Waals surface area (Å²) in [5.74, 6) is 0.792. The van der Waals surface area contributed by atoms with Crippen molar-refractivity contribution in [3.8, 4) is 23.0 Å². The lowest BCUT2D eigenvalue weighted by molar-refractivity contribution is -0.0512. The van der Waals surface area contributed by atoms with Crippen molar-refractivity contribution in [2.75, 3.05) is 20.3 Å². The van der Waals surface area contributed by atoms with E-state index in [0.29, 0.717) is 18.1 Å². The standard InChI is InChI=1S/C18H17F2NO5/c1-23-16-8-11(6-7-15(16)26-18(19)20)17(22)21-9-12-10-24-13-4-2-3-5-14(13)25-12/h2-8,12,18H,9-10H2,1H3,(H,21,22)/t12-/m0/s1. The smallest absolute Gasteiger partial charge is 0.387 e. The fourth-order valence-corrected chi connectivity index (χ4v) is 2.47. The molecule has 1 amide bonds. The van der Waals surface area contributed by atoms with Crippen molar-refractivity contribution in [1.82, 2.24) is 5.32 Å². The van der Waals surface area contributed by atoms with Crippen LogP contribution in [0.3, 0.4) is 0 Å². The number of para-hydroxylation sites is 2. The maximum absolute atomic E-state index is 12.3. The van der Waals surface area contributed by atoms with Crippen LogP contribution in [0.15, 0.2) is 42.5 Å². The molecule has 0 saturated heterocycles. The number of hydrogen-bond donors (Lipinski definition) is 1. The maximum Gasteiger partial charge on any atom is 0.387 e. The number of carbonyl (C=O) groups is 1. The van der Waals surface area contributed by atoms with E-state index >= 15 is 0 Å². The third-order valence-corrected chi connectivity index (χ3v) is 3.70. The molecule has 0 radical (unpaired) electrons. The second-order valence-corrected chi connectivity index (χ2v) is 5.45. The fourth-order valence-electron chi connectivity index (χ4n) is 2.47. The van der Waals surface area contributed by atoms with Crippen molar-refractivity contribution in [3.63, 3.8) is 0 Å². The molecule has 1 heterocycles. The molecule has 1 aliphatic heterocycles. The highest BCUT2D eigenvalue weighted by atomic mass is 19.3. The van der Waals surface area contributed by atoms with Crippen LogP contribution in [0.5, 0.6) is 23.0 Å². The molecule has 8 heteroatoms. The number of ether oxygens (including phenoxy) is 4. The largest absolute Gasteiger partial charge is 0.493 e. The summed E-state index contributed by atoms with van der Waals surface area (Å²) in [7, 11) is 1.31. The average molecular weight is 365 g/mol. The molecule has 0 aromatic heterocycles. The van der Waals surface area contributed by atoms with Gasteiger partial charge >= 0.3 is 6.61 Å². The second kappa shape index (κ2) is 7.90. The molecule has 3 rings (SSSR count). The number of carbonyl (C=O) groups excluding carboxylic acids is 1. The molecule has 2 aromatic carbocycles. The van der Waals surface area contributed by atoms with Crippen LogP contribution in [-0.4, -0.2) is 38.9 Å². The summed E-state index contributed by atoms with van der Waals surface area (Å²) >= 11 is 0. The number of nitrogens with one attached hydrogen (secondary N) is 1. The number of benzene rings is 2. The molecule has 1 atom stereocenters. The van der Waals surface area contributed by atoms with E-state index in [1.165, 1.54) is 25.3 Å². The number of alkyl halides is 2. The normalized spacial score (nSPS) is 15.5.